The lowest BCUT2D eigenvalue weighted by atomic mass is 10.0. The Hall–Kier alpha value is -1.51. The third-order valence-electron chi connectivity index (χ3n) is 3.34. The van der Waals surface area contributed by atoms with Crippen molar-refractivity contribution >= 4 is 18.1 Å². The molecule has 1 aliphatic heterocycles. The minimum absolute atomic E-state index is 0. The van der Waals surface area contributed by atoms with Crippen molar-refractivity contribution in [2.45, 2.75) is 13.0 Å². The Morgan fingerprint density at radius 3 is 2.44 bits per heavy atom. The van der Waals surface area contributed by atoms with Crippen molar-refractivity contribution in [3.05, 3.63) is 53.6 Å². The number of hydrogen-bond acceptors (Lipinski definition) is 2. The van der Waals surface area contributed by atoms with Crippen LogP contribution in [0.2, 0.25) is 0 Å². The smallest absolute Gasteiger partial charge is 0.0373 e. The van der Waals surface area contributed by atoms with Gasteiger partial charge < -0.3 is 11.1 Å². The number of anilines is 1. The molecule has 1 aliphatic rings. The molecule has 2 aromatic rings. The van der Waals surface area contributed by atoms with Gasteiger partial charge in [0.05, 0.1) is 0 Å². The lowest BCUT2D eigenvalue weighted by Crippen LogP contribution is -1.95. The molecule has 3 rings (SSSR count). The Bertz CT molecular complexity index is 535. The molecule has 0 spiro atoms. The largest absolute Gasteiger partial charge is 0.384 e. The number of fused-ring (bicyclic) bond motifs is 1. The molecule has 0 saturated heterocycles. The molecular weight excluding hydrogens is 244 g/mol. The SMILES string of the molecule is Cl.NCc1ccc(-c2ccc3c(c2)CCN3)cc1. The van der Waals surface area contributed by atoms with Crippen molar-refractivity contribution in [3.63, 3.8) is 0 Å². The van der Waals surface area contributed by atoms with E-state index in [9.17, 15) is 0 Å². The number of benzene rings is 2. The van der Waals surface area contributed by atoms with Gasteiger partial charge in [-0.1, -0.05) is 30.3 Å². The fourth-order valence-corrected chi connectivity index (χ4v) is 2.32. The topological polar surface area (TPSA) is 38.0 Å². The Balaban J connectivity index is 0.00000120. The summed E-state index contributed by atoms with van der Waals surface area (Å²) >= 11 is 0. The molecule has 18 heavy (non-hydrogen) atoms. The maximum atomic E-state index is 5.60. The van der Waals surface area contributed by atoms with E-state index in [0.717, 1.165) is 13.0 Å². The summed E-state index contributed by atoms with van der Waals surface area (Å²) in [6.07, 6.45) is 1.13. The monoisotopic (exact) mass is 260 g/mol. The van der Waals surface area contributed by atoms with Crippen molar-refractivity contribution in [1.82, 2.24) is 0 Å². The van der Waals surface area contributed by atoms with Crippen LogP contribution >= 0.6 is 12.4 Å². The highest BCUT2D eigenvalue weighted by molar-refractivity contribution is 5.85. The Kier molecular flexibility index (Phi) is 3.90. The lowest BCUT2D eigenvalue weighted by molar-refractivity contribution is 1.07. The molecule has 3 N–H and O–H groups in total. The molecular formula is C15H17ClN2. The van der Waals surface area contributed by atoms with E-state index >= 15 is 0 Å². The molecule has 2 aromatic carbocycles. The van der Waals surface area contributed by atoms with Gasteiger partial charge in [0.2, 0.25) is 0 Å². The Labute approximate surface area is 114 Å². The summed E-state index contributed by atoms with van der Waals surface area (Å²) in [4.78, 5) is 0. The van der Waals surface area contributed by atoms with E-state index in [1.807, 2.05) is 0 Å². The van der Waals surface area contributed by atoms with Crippen LogP contribution in [-0.2, 0) is 13.0 Å². The molecule has 0 radical (unpaired) electrons. The van der Waals surface area contributed by atoms with Gasteiger partial charge in [-0.3, -0.25) is 0 Å². The molecule has 0 unspecified atom stereocenters. The first kappa shape index (κ1) is 12.9. The van der Waals surface area contributed by atoms with E-state index in [-0.39, 0.29) is 12.4 Å². The zero-order chi connectivity index (χ0) is 11.7. The van der Waals surface area contributed by atoms with Gasteiger partial charge >= 0.3 is 0 Å². The number of nitrogens with two attached hydrogens (primary N) is 1. The van der Waals surface area contributed by atoms with Crippen LogP contribution in [0.15, 0.2) is 42.5 Å². The van der Waals surface area contributed by atoms with Crippen LogP contribution in [-0.4, -0.2) is 6.54 Å². The van der Waals surface area contributed by atoms with Crippen molar-refractivity contribution in [2.75, 3.05) is 11.9 Å². The summed E-state index contributed by atoms with van der Waals surface area (Å²) in [5, 5.41) is 3.38. The fraction of sp³-hybridized carbons (Fsp3) is 0.200. The molecule has 1 heterocycles. The maximum Gasteiger partial charge on any atom is 0.0373 e. The summed E-state index contributed by atoms with van der Waals surface area (Å²) in [6.45, 7) is 1.67. The van der Waals surface area contributed by atoms with Crippen LogP contribution in [0.25, 0.3) is 11.1 Å². The Morgan fingerprint density at radius 2 is 1.72 bits per heavy atom. The molecule has 0 saturated carbocycles. The van der Waals surface area contributed by atoms with Crippen LogP contribution in [0.3, 0.4) is 0 Å². The molecule has 94 valence electrons. The normalized spacial score (nSPS) is 12.5. The summed E-state index contributed by atoms with van der Waals surface area (Å²) in [5.41, 5.74) is 12.0. The molecule has 0 aromatic heterocycles. The van der Waals surface area contributed by atoms with Crippen molar-refractivity contribution in [1.29, 1.82) is 0 Å². The average molecular weight is 261 g/mol. The van der Waals surface area contributed by atoms with Gasteiger partial charge in [0.15, 0.2) is 0 Å². The predicted molar refractivity (Wildman–Crippen MR) is 79.2 cm³/mol. The van der Waals surface area contributed by atoms with Crippen molar-refractivity contribution < 1.29 is 0 Å². The quantitative estimate of drug-likeness (QED) is 0.870. The minimum atomic E-state index is 0. The van der Waals surface area contributed by atoms with Gasteiger partial charge in [-0.25, -0.2) is 0 Å². The molecule has 0 aliphatic carbocycles. The van der Waals surface area contributed by atoms with Crippen LogP contribution < -0.4 is 11.1 Å². The van der Waals surface area contributed by atoms with Crippen LogP contribution in [0, 0.1) is 0 Å². The minimum Gasteiger partial charge on any atom is -0.384 e. The summed E-state index contributed by atoms with van der Waals surface area (Å²) < 4.78 is 0. The van der Waals surface area contributed by atoms with Crippen molar-refractivity contribution in [2.24, 2.45) is 5.73 Å². The van der Waals surface area contributed by atoms with Gasteiger partial charge in [0.25, 0.3) is 0 Å². The summed E-state index contributed by atoms with van der Waals surface area (Å²) in [5.74, 6) is 0. The first-order chi connectivity index (χ1) is 8.36. The van der Waals surface area contributed by atoms with E-state index in [0.29, 0.717) is 6.54 Å². The van der Waals surface area contributed by atoms with Gasteiger partial charge in [-0.2, -0.15) is 0 Å². The Morgan fingerprint density at radius 1 is 1.00 bits per heavy atom. The standard InChI is InChI=1S/C15H16N2.ClH/c16-10-11-1-3-12(4-2-11)13-5-6-15-14(9-13)7-8-17-15;/h1-6,9,17H,7-8,10,16H2;1H. The highest BCUT2D eigenvalue weighted by Crippen LogP contribution is 2.28. The highest BCUT2D eigenvalue weighted by Gasteiger charge is 2.10. The molecule has 0 amide bonds. The van der Waals surface area contributed by atoms with E-state index in [1.54, 1.807) is 0 Å². The van der Waals surface area contributed by atoms with Gasteiger partial charge in [-0.15, -0.1) is 12.4 Å². The van der Waals surface area contributed by atoms with Crippen LogP contribution in [0.1, 0.15) is 11.1 Å². The van der Waals surface area contributed by atoms with E-state index in [4.69, 9.17) is 5.73 Å². The second kappa shape index (κ2) is 5.42. The third-order valence-corrected chi connectivity index (χ3v) is 3.34. The average Bonchev–Trinajstić information content (AvgIpc) is 2.86. The first-order valence-electron chi connectivity index (χ1n) is 6.03. The van der Waals surface area contributed by atoms with Crippen LogP contribution in [0.5, 0.6) is 0 Å². The maximum absolute atomic E-state index is 5.60. The third kappa shape index (κ3) is 2.35. The number of rotatable bonds is 2. The van der Waals surface area contributed by atoms with E-state index < -0.39 is 0 Å². The van der Waals surface area contributed by atoms with Crippen LogP contribution in [0.4, 0.5) is 5.69 Å². The second-order valence-corrected chi connectivity index (χ2v) is 4.45. The number of hydrogen-bond donors (Lipinski definition) is 2. The molecule has 0 bridgehead atoms. The van der Waals surface area contributed by atoms with E-state index in [2.05, 4.69) is 47.8 Å². The van der Waals surface area contributed by atoms with Gasteiger partial charge in [-0.05, 0) is 40.8 Å². The van der Waals surface area contributed by atoms with Crippen molar-refractivity contribution in [3.8, 4) is 11.1 Å². The lowest BCUT2D eigenvalue weighted by Gasteiger charge is -2.06. The second-order valence-electron chi connectivity index (χ2n) is 4.45. The zero-order valence-electron chi connectivity index (χ0n) is 10.1. The van der Waals surface area contributed by atoms with E-state index in [1.165, 1.54) is 27.9 Å². The number of halogens is 1. The first-order valence-corrected chi connectivity index (χ1v) is 6.03. The molecule has 0 fully saturated rings. The summed E-state index contributed by atoms with van der Waals surface area (Å²) in [7, 11) is 0. The van der Waals surface area contributed by atoms with Gasteiger partial charge in [0.1, 0.15) is 0 Å². The fourth-order valence-electron chi connectivity index (χ4n) is 2.32. The summed E-state index contributed by atoms with van der Waals surface area (Å²) in [6, 6.07) is 15.1. The highest BCUT2D eigenvalue weighted by atomic mass is 35.5. The molecule has 0 atom stereocenters. The molecule has 2 nitrogen and oxygen atoms in total. The predicted octanol–water partition coefficient (Wildman–Crippen LogP) is 3.20. The molecule has 3 heteroatoms. The number of nitrogens with one attached hydrogen (secondary N) is 1. The zero-order valence-corrected chi connectivity index (χ0v) is 11.0. The van der Waals surface area contributed by atoms with Gasteiger partial charge in [0, 0.05) is 18.8 Å².